The monoisotopic (exact) mass is 196 g/mol. The van der Waals surface area contributed by atoms with Crippen molar-refractivity contribution in [2.45, 2.75) is 18.1 Å². The van der Waals surface area contributed by atoms with E-state index in [-0.39, 0.29) is 0 Å². The van der Waals surface area contributed by atoms with Crippen molar-refractivity contribution in [1.29, 1.82) is 0 Å². The fourth-order valence-electron chi connectivity index (χ4n) is 1.42. The number of aromatic nitrogens is 2. The van der Waals surface area contributed by atoms with Gasteiger partial charge < -0.3 is 4.74 Å². The lowest BCUT2D eigenvalue weighted by molar-refractivity contribution is 0.391. The second-order valence-corrected chi connectivity index (χ2v) is 4.31. The molecule has 1 aromatic rings. The Bertz CT molecular complexity index is 269. The molecule has 1 fully saturated rings. The highest BCUT2D eigenvalue weighted by Crippen LogP contribution is 2.38. The predicted molar refractivity (Wildman–Crippen MR) is 53.0 cm³/mol. The zero-order valence-corrected chi connectivity index (χ0v) is 8.38. The minimum atomic E-state index is 0.554. The summed E-state index contributed by atoms with van der Waals surface area (Å²) in [6.45, 7) is 0. The van der Waals surface area contributed by atoms with E-state index in [2.05, 4.69) is 10.2 Å². The Balaban J connectivity index is 2.12. The van der Waals surface area contributed by atoms with E-state index in [1.165, 1.54) is 18.6 Å². The summed E-state index contributed by atoms with van der Waals surface area (Å²) in [7, 11) is 1.61. The van der Waals surface area contributed by atoms with Gasteiger partial charge in [0.1, 0.15) is 0 Å². The third kappa shape index (κ3) is 1.94. The van der Waals surface area contributed by atoms with Gasteiger partial charge in [-0.2, -0.15) is 16.9 Å². The first-order valence-corrected chi connectivity index (χ1v) is 5.44. The maximum absolute atomic E-state index is 4.95. The summed E-state index contributed by atoms with van der Waals surface area (Å²) in [5.74, 6) is 1.84. The van der Waals surface area contributed by atoms with E-state index in [9.17, 15) is 0 Å². The summed E-state index contributed by atoms with van der Waals surface area (Å²) < 4.78 is 4.95. The predicted octanol–water partition coefficient (Wildman–Crippen LogP) is 2.05. The molecule has 4 heteroatoms. The van der Waals surface area contributed by atoms with Crippen LogP contribution in [0.5, 0.6) is 5.88 Å². The minimum Gasteiger partial charge on any atom is -0.480 e. The van der Waals surface area contributed by atoms with Crippen molar-refractivity contribution in [2.24, 2.45) is 0 Å². The molecule has 1 aromatic heterocycles. The molecular formula is C9H12N2OS. The molecule has 0 aliphatic carbocycles. The van der Waals surface area contributed by atoms with Crippen molar-refractivity contribution in [3.63, 3.8) is 0 Å². The lowest BCUT2D eigenvalue weighted by atomic mass is 10.2. The van der Waals surface area contributed by atoms with Gasteiger partial charge in [0, 0.05) is 11.3 Å². The minimum absolute atomic E-state index is 0.554. The van der Waals surface area contributed by atoms with Crippen molar-refractivity contribution < 1.29 is 4.74 Å². The number of methoxy groups -OCH3 is 1. The summed E-state index contributed by atoms with van der Waals surface area (Å²) in [4.78, 5) is 0. The van der Waals surface area contributed by atoms with Crippen LogP contribution in [-0.2, 0) is 0 Å². The Morgan fingerprint density at radius 2 is 2.38 bits per heavy atom. The van der Waals surface area contributed by atoms with Crippen LogP contribution in [0.2, 0.25) is 0 Å². The number of thioether (sulfide) groups is 1. The van der Waals surface area contributed by atoms with Crippen LogP contribution in [0.1, 0.15) is 23.8 Å². The molecule has 1 unspecified atom stereocenters. The smallest absolute Gasteiger partial charge is 0.233 e. The second-order valence-electron chi connectivity index (χ2n) is 3.00. The van der Waals surface area contributed by atoms with Gasteiger partial charge in [-0.3, -0.25) is 0 Å². The van der Waals surface area contributed by atoms with Crippen LogP contribution in [0.15, 0.2) is 12.1 Å². The van der Waals surface area contributed by atoms with Gasteiger partial charge in [-0.05, 0) is 24.7 Å². The van der Waals surface area contributed by atoms with Crippen molar-refractivity contribution in [3.05, 3.63) is 17.8 Å². The number of nitrogens with zero attached hydrogens (tertiary/aromatic N) is 2. The van der Waals surface area contributed by atoms with Crippen LogP contribution in [0, 0.1) is 0 Å². The average molecular weight is 196 g/mol. The van der Waals surface area contributed by atoms with E-state index in [4.69, 9.17) is 4.74 Å². The fraction of sp³-hybridized carbons (Fsp3) is 0.556. The van der Waals surface area contributed by atoms with Crippen LogP contribution in [-0.4, -0.2) is 23.1 Å². The van der Waals surface area contributed by atoms with Gasteiger partial charge in [-0.1, -0.05) is 0 Å². The van der Waals surface area contributed by atoms with Gasteiger partial charge in [0.05, 0.1) is 12.8 Å². The molecule has 2 heterocycles. The molecule has 0 amide bonds. The Kier molecular flexibility index (Phi) is 2.68. The van der Waals surface area contributed by atoms with E-state index in [1.54, 1.807) is 7.11 Å². The molecule has 0 radical (unpaired) electrons. The van der Waals surface area contributed by atoms with Gasteiger partial charge in [0.2, 0.25) is 5.88 Å². The molecule has 0 N–H and O–H groups in total. The van der Waals surface area contributed by atoms with Gasteiger partial charge in [-0.25, -0.2) is 0 Å². The summed E-state index contributed by atoms with van der Waals surface area (Å²) in [5.41, 5.74) is 1.09. The van der Waals surface area contributed by atoms with E-state index in [1.807, 2.05) is 23.9 Å². The van der Waals surface area contributed by atoms with Crippen molar-refractivity contribution in [2.75, 3.05) is 12.9 Å². The number of hydrogen-bond donors (Lipinski definition) is 0. The molecule has 3 nitrogen and oxygen atoms in total. The van der Waals surface area contributed by atoms with Crippen molar-refractivity contribution >= 4 is 11.8 Å². The van der Waals surface area contributed by atoms with Gasteiger partial charge in [0.25, 0.3) is 0 Å². The third-order valence-corrected chi connectivity index (χ3v) is 3.53. The molecule has 1 saturated heterocycles. The number of ether oxygens (including phenoxy) is 1. The van der Waals surface area contributed by atoms with Crippen LogP contribution >= 0.6 is 11.8 Å². The van der Waals surface area contributed by atoms with Gasteiger partial charge in [-0.15, -0.1) is 5.10 Å². The first kappa shape index (κ1) is 8.81. The van der Waals surface area contributed by atoms with E-state index in [0.29, 0.717) is 11.1 Å². The Morgan fingerprint density at radius 1 is 1.46 bits per heavy atom. The molecule has 2 rings (SSSR count). The molecule has 0 aromatic carbocycles. The Labute approximate surface area is 81.9 Å². The highest BCUT2D eigenvalue weighted by molar-refractivity contribution is 7.99. The molecule has 1 aliphatic heterocycles. The molecular weight excluding hydrogens is 184 g/mol. The topological polar surface area (TPSA) is 35.0 Å². The summed E-state index contributed by atoms with van der Waals surface area (Å²) in [6, 6.07) is 3.88. The molecule has 0 bridgehead atoms. The van der Waals surface area contributed by atoms with Crippen molar-refractivity contribution in [3.8, 4) is 5.88 Å². The van der Waals surface area contributed by atoms with Crippen LogP contribution in [0.3, 0.4) is 0 Å². The Hall–Kier alpha value is -0.770. The zero-order valence-electron chi connectivity index (χ0n) is 7.56. The summed E-state index contributed by atoms with van der Waals surface area (Å²) in [5, 5.41) is 8.65. The summed E-state index contributed by atoms with van der Waals surface area (Å²) >= 11 is 1.97. The highest BCUT2D eigenvalue weighted by Gasteiger charge is 2.19. The molecule has 13 heavy (non-hydrogen) atoms. The maximum atomic E-state index is 4.95. The van der Waals surface area contributed by atoms with E-state index in [0.717, 1.165) is 5.69 Å². The summed E-state index contributed by atoms with van der Waals surface area (Å²) in [6.07, 6.45) is 2.52. The maximum Gasteiger partial charge on any atom is 0.233 e. The Morgan fingerprint density at radius 3 is 2.92 bits per heavy atom. The lowest BCUT2D eigenvalue weighted by Crippen LogP contribution is -1.97. The standard InChI is InChI=1S/C9H12N2OS/c1-12-9-5-4-7(10-11-9)8-3-2-6-13-8/h4-5,8H,2-3,6H2,1H3. The fourth-order valence-corrected chi connectivity index (χ4v) is 2.67. The first-order valence-electron chi connectivity index (χ1n) is 4.39. The number of rotatable bonds is 2. The average Bonchev–Trinajstić information content (AvgIpc) is 2.71. The van der Waals surface area contributed by atoms with Crippen LogP contribution in [0.4, 0.5) is 0 Å². The van der Waals surface area contributed by atoms with Gasteiger partial charge >= 0.3 is 0 Å². The molecule has 0 spiro atoms. The van der Waals surface area contributed by atoms with E-state index < -0.39 is 0 Å². The third-order valence-electron chi connectivity index (χ3n) is 2.13. The van der Waals surface area contributed by atoms with Gasteiger partial charge in [0.15, 0.2) is 0 Å². The molecule has 1 atom stereocenters. The largest absolute Gasteiger partial charge is 0.480 e. The molecule has 1 aliphatic rings. The SMILES string of the molecule is COc1ccc(C2CCCS2)nn1. The first-order chi connectivity index (χ1) is 6.40. The highest BCUT2D eigenvalue weighted by atomic mass is 32.2. The van der Waals surface area contributed by atoms with E-state index >= 15 is 0 Å². The zero-order chi connectivity index (χ0) is 9.10. The lowest BCUT2D eigenvalue weighted by Gasteiger charge is -2.06. The number of hydrogen-bond acceptors (Lipinski definition) is 4. The quantitative estimate of drug-likeness (QED) is 0.725. The second kappa shape index (κ2) is 3.96. The van der Waals surface area contributed by atoms with Crippen molar-refractivity contribution in [1.82, 2.24) is 10.2 Å². The van der Waals surface area contributed by atoms with Crippen LogP contribution in [0.25, 0.3) is 0 Å². The molecule has 70 valence electrons. The molecule has 0 saturated carbocycles. The normalized spacial score (nSPS) is 21.8. The van der Waals surface area contributed by atoms with Crippen LogP contribution < -0.4 is 4.74 Å².